The number of rotatable bonds is 5. The van der Waals surface area contributed by atoms with E-state index in [4.69, 9.17) is 0 Å². The first kappa shape index (κ1) is 14.0. The average Bonchev–Trinajstić information content (AvgIpc) is 2.52. The molecule has 1 rings (SSSR count). The molecule has 0 aromatic rings. The molecule has 16 heavy (non-hydrogen) atoms. The fraction of sp³-hybridized carbons (Fsp3) is 1.00. The van der Waals surface area contributed by atoms with E-state index in [1.165, 1.54) is 51.4 Å². The third kappa shape index (κ3) is 2.98. The lowest BCUT2D eigenvalue weighted by Crippen LogP contribution is -2.58. The molecule has 96 valence electrons. The van der Waals surface area contributed by atoms with Crippen LogP contribution < -0.4 is 5.32 Å². The van der Waals surface area contributed by atoms with Gasteiger partial charge in [-0.25, -0.2) is 0 Å². The Morgan fingerprint density at radius 2 is 1.69 bits per heavy atom. The largest absolute Gasteiger partial charge is 0.315 e. The second kappa shape index (κ2) is 6.61. The van der Waals surface area contributed by atoms with Crippen molar-refractivity contribution < 1.29 is 0 Å². The minimum atomic E-state index is 0.404. The van der Waals surface area contributed by atoms with Crippen molar-refractivity contribution in [3.63, 3.8) is 0 Å². The zero-order chi connectivity index (χ0) is 12.0. The number of hydrogen-bond donors (Lipinski definition) is 1. The van der Waals surface area contributed by atoms with E-state index in [0.717, 1.165) is 0 Å². The van der Waals surface area contributed by atoms with Crippen LogP contribution in [0.3, 0.4) is 0 Å². The molecular formula is C14H30N2. The first-order valence-corrected chi connectivity index (χ1v) is 7.02. The summed E-state index contributed by atoms with van der Waals surface area (Å²) in [6.07, 6.45) is 11.0. The minimum Gasteiger partial charge on any atom is -0.315 e. The molecule has 1 N–H and O–H groups in total. The lowest BCUT2D eigenvalue weighted by atomic mass is 9.79. The van der Waals surface area contributed by atoms with Crippen molar-refractivity contribution >= 4 is 0 Å². The zero-order valence-corrected chi connectivity index (χ0v) is 11.7. The number of likely N-dealkylation sites (N-methyl/N-ethyl adjacent to an activating group) is 2. The molecule has 0 spiro atoms. The quantitative estimate of drug-likeness (QED) is 0.725. The van der Waals surface area contributed by atoms with Crippen LogP contribution >= 0.6 is 0 Å². The third-order valence-electron chi connectivity index (χ3n) is 4.43. The molecular weight excluding hydrogens is 196 g/mol. The van der Waals surface area contributed by atoms with Crippen LogP contribution in [0.1, 0.15) is 58.3 Å². The standard InChI is InChI=1S/C14H30N2/c1-5-10-13(15-2)14(16(3)4)11-8-6-7-9-12-14/h13,15H,5-12H2,1-4H3. The molecule has 0 amide bonds. The van der Waals surface area contributed by atoms with Gasteiger partial charge in [-0.15, -0.1) is 0 Å². The topological polar surface area (TPSA) is 15.3 Å². The van der Waals surface area contributed by atoms with E-state index in [0.29, 0.717) is 11.6 Å². The SMILES string of the molecule is CCCC(NC)C1(N(C)C)CCCCCC1. The Balaban J connectivity index is 2.82. The highest BCUT2D eigenvalue weighted by Crippen LogP contribution is 2.35. The van der Waals surface area contributed by atoms with Crippen LogP contribution in [0, 0.1) is 0 Å². The van der Waals surface area contributed by atoms with Crippen LogP contribution in [0.4, 0.5) is 0 Å². The summed E-state index contributed by atoms with van der Waals surface area (Å²) in [4.78, 5) is 2.50. The maximum atomic E-state index is 3.58. The van der Waals surface area contributed by atoms with Gasteiger partial charge in [-0.2, -0.15) is 0 Å². The first-order valence-electron chi connectivity index (χ1n) is 7.02. The van der Waals surface area contributed by atoms with Crippen molar-refractivity contribution in [3.8, 4) is 0 Å². The molecule has 0 radical (unpaired) electrons. The molecule has 1 atom stereocenters. The molecule has 1 unspecified atom stereocenters. The van der Waals surface area contributed by atoms with Crippen molar-refractivity contribution in [1.82, 2.24) is 10.2 Å². The molecule has 2 nitrogen and oxygen atoms in total. The van der Waals surface area contributed by atoms with Crippen molar-refractivity contribution in [2.24, 2.45) is 0 Å². The van der Waals surface area contributed by atoms with Gasteiger partial charge in [0.1, 0.15) is 0 Å². The maximum Gasteiger partial charge on any atom is 0.0356 e. The summed E-state index contributed by atoms with van der Waals surface area (Å²) in [5, 5.41) is 3.58. The predicted octanol–water partition coefficient (Wildman–Crippen LogP) is 3.03. The van der Waals surface area contributed by atoms with Crippen LogP contribution in [-0.4, -0.2) is 37.6 Å². The highest BCUT2D eigenvalue weighted by atomic mass is 15.2. The first-order chi connectivity index (χ1) is 7.67. The zero-order valence-electron chi connectivity index (χ0n) is 11.7. The molecule has 0 aromatic carbocycles. The van der Waals surface area contributed by atoms with E-state index in [1.54, 1.807) is 0 Å². The van der Waals surface area contributed by atoms with Gasteiger partial charge in [0.05, 0.1) is 0 Å². The Labute approximate surface area is 102 Å². The Kier molecular flexibility index (Phi) is 5.77. The van der Waals surface area contributed by atoms with Crippen molar-refractivity contribution in [3.05, 3.63) is 0 Å². The monoisotopic (exact) mass is 226 g/mol. The van der Waals surface area contributed by atoms with Crippen LogP contribution in [-0.2, 0) is 0 Å². The molecule has 1 fully saturated rings. The van der Waals surface area contributed by atoms with E-state index < -0.39 is 0 Å². The molecule has 1 aliphatic rings. The van der Waals surface area contributed by atoms with Gasteiger partial charge in [-0.3, -0.25) is 0 Å². The molecule has 0 bridgehead atoms. The van der Waals surface area contributed by atoms with Crippen LogP contribution in [0.5, 0.6) is 0 Å². The number of nitrogens with zero attached hydrogens (tertiary/aromatic N) is 1. The molecule has 1 saturated carbocycles. The summed E-state index contributed by atoms with van der Waals surface area (Å²) in [6, 6.07) is 0.658. The lowest BCUT2D eigenvalue weighted by molar-refractivity contribution is 0.0793. The van der Waals surface area contributed by atoms with Gasteiger partial charge in [-0.05, 0) is 40.4 Å². The van der Waals surface area contributed by atoms with Gasteiger partial charge in [0, 0.05) is 11.6 Å². The van der Waals surface area contributed by atoms with Gasteiger partial charge in [0.2, 0.25) is 0 Å². The second-order valence-electron chi connectivity index (χ2n) is 5.54. The van der Waals surface area contributed by atoms with E-state index in [1.807, 2.05) is 0 Å². The minimum absolute atomic E-state index is 0.404. The Morgan fingerprint density at radius 1 is 1.12 bits per heavy atom. The Morgan fingerprint density at radius 3 is 2.06 bits per heavy atom. The third-order valence-corrected chi connectivity index (χ3v) is 4.43. The van der Waals surface area contributed by atoms with E-state index >= 15 is 0 Å². The van der Waals surface area contributed by atoms with E-state index in [-0.39, 0.29) is 0 Å². The van der Waals surface area contributed by atoms with Gasteiger partial charge in [-0.1, -0.05) is 39.0 Å². The molecule has 0 aromatic heterocycles. The van der Waals surface area contributed by atoms with Crippen LogP contribution in [0.25, 0.3) is 0 Å². The van der Waals surface area contributed by atoms with E-state index in [2.05, 4.69) is 38.3 Å². The van der Waals surface area contributed by atoms with Gasteiger partial charge >= 0.3 is 0 Å². The van der Waals surface area contributed by atoms with Gasteiger partial charge in [0.15, 0.2) is 0 Å². The fourth-order valence-electron chi connectivity index (χ4n) is 3.42. The lowest BCUT2D eigenvalue weighted by Gasteiger charge is -2.46. The number of hydrogen-bond acceptors (Lipinski definition) is 2. The molecule has 0 heterocycles. The normalized spacial score (nSPS) is 23.1. The Bertz CT molecular complexity index is 181. The smallest absolute Gasteiger partial charge is 0.0356 e. The average molecular weight is 226 g/mol. The van der Waals surface area contributed by atoms with Gasteiger partial charge < -0.3 is 10.2 Å². The highest BCUT2D eigenvalue weighted by Gasteiger charge is 2.39. The summed E-state index contributed by atoms with van der Waals surface area (Å²) >= 11 is 0. The van der Waals surface area contributed by atoms with Crippen molar-refractivity contribution in [1.29, 1.82) is 0 Å². The van der Waals surface area contributed by atoms with Crippen LogP contribution in [0.2, 0.25) is 0 Å². The fourth-order valence-corrected chi connectivity index (χ4v) is 3.42. The number of nitrogens with one attached hydrogen (secondary N) is 1. The van der Waals surface area contributed by atoms with Crippen LogP contribution in [0.15, 0.2) is 0 Å². The molecule has 0 aliphatic heterocycles. The van der Waals surface area contributed by atoms with E-state index in [9.17, 15) is 0 Å². The molecule has 1 aliphatic carbocycles. The van der Waals surface area contributed by atoms with Gasteiger partial charge in [0.25, 0.3) is 0 Å². The van der Waals surface area contributed by atoms with Crippen molar-refractivity contribution in [2.45, 2.75) is 69.9 Å². The maximum absolute atomic E-state index is 3.58. The summed E-state index contributed by atoms with van der Waals surface area (Å²) in [5.74, 6) is 0. The summed E-state index contributed by atoms with van der Waals surface area (Å²) in [5.41, 5.74) is 0.404. The Hall–Kier alpha value is -0.0800. The second-order valence-corrected chi connectivity index (χ2v) is 5.54. The highest BCUT2D eigenvalue weighted by molar-refractivity contribution is 4.99. The predicted molar refractivity (Wildman–Crippen MR) is 71.9 cm³/mol. The van der Waals surface area contributed by atoms with Crippen molar-refractivity contribution in [2.75, 3.05) is 21.1 Å². The summed E-state index contributed by atoms with van der Waals surface area (Å²) in [7, 11) is 6.67. The molecule has 0 saturated heterocycles. The molecule has 2 heteroatoms. The summed E-state index contributed by atoms with van der Waals surface area (Å²) < 4.78 is 0. The summed E-state index contributed by atoms with van der Waals surface area (Å²) in [6.45, 7) is 2.30.